The highest BCUT2D eigenvalue weighted by atomic mass is 16.6. The molecule has 1 aromatic heterocycles. The number of aromatic nitrogens is 2. The van der Waals surface area contributed by atoms with Crippen LogP contribution in [0.2, 0.25) is 0 Å². The first-order chi connectivity index (χ1) is 6.72. The zero-order chi connectivity index (χ0) is 10.1. The van der Waals surface area contributed by atoms with E-state index in [1.807, 2.05) is 6.92 Å². The Balaban J connectivity index is 2.25. The van der Waals surface area contributed by atoms with Crippen molar-refractivity contribution in [3.05, 3.63) is 22.0 Å². The normalized spacial score (nSPS) is 15.8. The minimum Gasteiger partial charge on any atom is -0.262 e. The first kappa shape index (κ1) is 9.18. The average molecular weight is 195 g/mol. The molecular formula is C9H13N3O2. The van der Waals surface area contributed by atoms with Gasteiger partial charge in [0.1, 0.15) is 11.9 Å². The average Bonchev–Trinajstić information content (AvgIpc) is 2.83. The van der Waals surface area contributed by atoms with Gasteiger partial charge in [-0.1, -0.05) is 6.92 Å². The van der Waals surface area contributed by atoms with Gasteiger partial charge >= 0.3 is 5.69 Å². The topological polar surface area (TPSA) is 61.0 Å². The Labute approximate surface area is 81.9 Å². The highest BCUT2D eigenvalue weighted by Gasteiger charge is 2.26. The van der Waals surface area contributed by atoms with Crippen molar-refractivity contribution >= 4 is 5.69 Å². The van der Waals surface area contributed by atoms with Crippen molar-refractivity contribution in [1.29, 1.82) is 0 Å². The molecule has 5 heteroatoms. The summed E-state index contributed by atoms with van der Waals surface area (Å²) in [6.45, 7) is 2.77. The second-order valence-electron chi connectivity index (χ2n) is 3.71. The van der Waals surface area contributed by atoms with E-state index in [-0.39, 0.29) is 10.6 Å². The zero-order valence-corrected chi connectivity index (χ0v) is 8.14. The Morgan fingerprint density at radius 2 is 2.43 bits per heavy atom. The van der Waals surface area contributed by atoms with Gasteiger partial charge < -0.3 is 0 Å². The van der Waals surface area contributed by atoms with Gasteiger partial charge in [-0.15, -0.1) is 0 Å². The van der Waals surface area contributed by atoms with Gasteiger partial charge in [-0.3, -0.25) is 14.8 Å². The van der Waals surface area contributed by atoms with Gasteiger partial charge in [0.05, 0.1) is 4.92 Å². The van der Waals surface area contributed by atoms with E-state index in [4.69, 9.17) is 0 Å². The molecule has 5 nitrogen and oxygen atoms in total. The number of nitro groups is 1. The minimum absolute atomic E-state index is 0.160. The van der Waals surface area contributed by atoms with E-state index in [9.17, 15) is 10.1 Å². The molecule has 76 valence electrons. The maximum Gasteiger partial charge on any atom is 0.310 e. The van der Waals surface area contributed by atoms with E-state index in [1.165, 1.54) is 19.0 Å². The van der Waals surface area contributed by atoms with Gasteiger partial charge in [0.2, 0.25) is 0 Å². The molecular weight excluding hydrogens is 182 g/mol. The molecule has 1 saturated carbocycles. The summed E-state index contributed by atoms with van der Waals surface area (Å²) in [6.07, 6.45) is 4.50. The first-order valence-corrected chi connectivity index (χ1v) is 4.91. The SMILES string of the molecule is CCc1c([N+](=O)[O-])cnn1CC1CC1. The maximum absolute atomic E-state index is 10.6. The van der Waals surface area contributed by atoms with Gasteiger partial charge in [-0.2, -0.15) is 5.10 Å². The van der Waals surface area contributed by atoms with Crippen molar-refractivity contribution in [2.75, 3.05) is 0 Å². The fourth-order valence-corrected chi connectivity index (χ4v) is 1.62. The van der Waals surface area contributed by atoms with E-state index in [0.29, 0.717) is 12.3 Å². The Morgan fingerprint density at radius 3 is 2.93 bits per heavy atom. The summed E-state index contributed by atoms with van der Waals surface area (Å²) in [6, 6.07) is 0. The molecule has 1 aliphatic rings. The van der Waals surface area contributed by atoms with Crippen LogP contribution >= 0.6 is 0 Å². The van der Waals surface area contributed by atoms with Crippen molar-refractivity contribution < 1.29 is 4.92 Å². The van der Waals surface area contributed by atoms with E-state index in [1.54, 1.807) is 4.68 Å². The molecule has 1 aromatic rings. The van der Waals surface area contributed by atoms with Gasteiger partial charge in [-0.05, 0) is 25.2 Å². The van der Waals surface area contributed by atoms with Crippen LogP contribution in [0.25, 0.3) is 0 Å². The molecule has 0 aromatic carbocycles. The standard InChI is InChI=1S/C9H13N3O2/c1-2-8-9(12(13)14)5-10-11(8)6-7-3-4-7/h5,7H,2-4,6H2,1H3. The summed E-state index contributed by atoms with van der Waals surface area (Å²) in [5.41, 5.74) is 0.912. The van der Waals surface area contributed by atoms with Gasteiger partial charge in [0.25, 0.3) is 0 Å². The van der Waals surface area contributed by atoms with Gasteiger partial charge in [0.15, 0.2) is 0 Å². The molecule has 14 heavy (non-hydrogen) atoms. The predicted molar refractivity (Wildman–Crippen MR) is 51.0 cm³/mol. The van der Waals surface area contributed by atoms with E-state index >= 15 is 0 Å². The molecule has 0 radical (unpaired) electrons. The highest BCUT2D eigenvalue weighted by Crippen LogP contribution is 2.31. The third kappa shape index (κ3) is 1.62. The summed E-state index contributed by atoms with van der Waals surface area (Å²) < 4.78 is 1.79. The second-order valence-corrected chi connectivity index (χ2v) is 3.71. The lowest BCUT2D eigenvalue weighted by Gasteiger charge is -2.02. The molecule has 2 rings (SSSR count). The lowest BCUT2D eigenvalue weighted by atomic mass is 10.3. The monoisotopic (exact) mass is 195 g/mol. The van der Waals surface area contributed by atoms with Crippen molar-refractivity contribution in [2.24, 2.45) is 5.92 Å². The third-order valence-electron chi connectivity index (χ3n) is 2.59. The summed E-state index contributed by atoms with van der Waals surface area (Å²) >= 11 is 0. The number of hydrogen-bond donors (Lipinski definition) is 0. The Hall–Kier alpha value is -1.39. The minimum atomic E-state index is -0.352. The number of nitrogens with zero attached hydrogens (tertiary/aromatic N) is 3. The zero-order valence-electron chi connectivity index (χ0n) is 8.14. The van der Waals surface area contributed by atoms with E-state index in [2.05, 4.69) is 5.10 Å². The lowest BCUT2D eigenvalue weighted by molar-refractivity contribution is -0.385. The van der Waals surface area contributed by atoms with Crippen molar-refractivity contribution in [2.45, 2.75) is 32.7 Å². The summed E-state index contributed by atoms with van der Waals surface area (Å²) in [4.78, 5) is 10.3. The number of hydrogen-bond acceptors (Lipinski definition) is 3. The van der Waals surface area contributed by atoms with Gasteiger partial charge in [0, 0.05) is 6.54 Å². The fraction of sp³-hybridized carbons (Fsp3) is 0.667. The van der Waals surface area contributed by atoms with Crippen LogP contribution in [0.1, 0.15) is 25.5 Å². The molecule has 1 fully saturated rings. The number of rotatable bonds is 4. The third-order valence-corrected chi connectivity index (χ3v) is 2.59. The molecule has 1 heterocycles. The second kappa shape index (κ2) is 3.40. The van der Waals surface area contributed by atoms with Crippen LogP contribution < -0.4 is 0 Å². The smallest absolute Gasteiger partial charge is 0.262 e. The predicted octanol–water partition coefficient (Wildman–Crippen LogP) is 1.76. The van der Waals surface area contributed by atoms with E-state index in [0.717, 1.165) is 12.2 Å². The van der Waals surface area contributed by atoms with Crippen LogP contribution in [-0.4, -0.2) is 14.7 Å². The van der Waals surface area contributed by atoms with Crippen molar-refractivity contribution in [1.82, 2.24) is 9.78 Å². The van der Waals surface area contributed by atoms with Crippen molar-refractivity contribution in [3.8, 4) is 0 Å². The van der Waals surface area contributed by atoms with Crippen LogP contribution in [0.5, 0.6) is 0 Å². The van der Waals surface area contributed by atoms with Crippen LogP contribution in [0.3, 0.4) is 0 Å². The van der Waals surface area contributed by atoms with Crippen molar-refractivity contribution in [3.63, 3.8) is 0 Å². The largest absolute Gasteiger partial charge is 0.310 e. The Bertz CT molecular complexity index is 355. The molecule has 0 spiro atoms. The molecule has 0 saturated heterocycles. The molecule has 0 bridgehead atoms. The van der Waals surface area contributed by atoms with Crippen LogP contribution in [0, 0.1) is 16.0 Å². The fourth-order valence-electron chi connectivity index (χ4n) is 1.62. The lowest BCUT2D eigenvalue weighted by Crippen LogP contribution is -2.06. The van der Waals surface area contributed by atoms with Crippen LogP contribution in [-0.2, 0) is 13.0 Å². The Kier molecular flexibility index (Phi) is 2.23. The molecule has 0 atom stereocenters. The molecule has 0 amide bonds. The van der Waals surface area contributed by atoms with Crippen LogP contribution in [0.4, 0.5) is 5.69 Å². The summed E-state index contributed by atoms with van der Waals surface area (Å²) in [5.74, 6) is 0.694. The Morgan fingerprint density at radius 1 is 1.71 bits per heavy atom. The highest BCUT2D eigenvalue weighted by molar-refractivity contribution is 5.32. The first-order valence-electron chi connectivity index (χ1n) is 4.91. The molecule has 0 N–H and O–H groups in total. The quantitative estimate of drug-likeness (QED) is 0.543. The van der Waals surface area contributed by atoms with Crippen LogP contribution in [0.15, 0.2) is 6.20 Å². The summed E-state index contributed by atoms with van der Waals surface area (Å²) in [5, 5.41) is 14.7. The molecule has 0 unspecified atom stereocenters. The summed E-state index contributed by atoms with van der Waals surface area (Å²) in [7, 11) is 0. The maximum atomic E-state index is 10.6. The van der Waals surface area contributed by atoms with Gasteiger partial charge in [-0.25, -0.2) is 0 Å². The molecule has 0 aliphatic heterocycles. The van der Waals surface area contributed by atoms with E-state index < -0.39 is 0 Å². The molecule has 1 aliphatic carbocycles.